The fourth-order valence-corrected chi connectivity index (χ4v) is 2.70. The lowest BCUT2D eigenvalue weighted by Gasteiger charge is -2.43. The van der Waals surface area contributed by atoms with Gasteiger partial charge in [-0.15, -0.1) is 0 Å². The van der Waals surface area contributed by atoms with Crippen LogP contribution < -0.4 is 16.4 Å². The Bertz CT molecular complexity index is 306. The smallest absolute Gasteiger partial charge is 0.303 e. The Kier molecular flexibility index (Phi) is 3.11. The monoisotopic (exact) mass is 227 g/mol. The summed E-state index contributed by atoms with van der Waals surface area (Å²) in [5.41, 5.74) is 5.76. The molecular weight excluding hydrogens is 210 g/mol. The molecule has 4 atom stereocenters. The Morgan fingerprint density at radius 3 is 2.94 bits per heavy atom. The number of carbonyl (C=O) groups is 2. The van der Waals surface area contributed by atoms with Gasteiger partial charge in [-0.2, -0.15) is 0 Å². The van der Waals surface area contributed by atoms with Crippen LogP contribution in [-0.2, 0) is 9.59 Å². The summed E-state index contributed by atoms with van der Waals surface area (Å²) in [4.78, 5) is 22.2. The third-order valence-corrected chi connectivity index (χ3v) is 3.44. The lowest BCUT2D eigenvalue weighted by Crippen LogP contribution is -2.63. The van der Waals surface area contributed by atoms with Crippen molar-refractivity contribution in [3.63, 3.8) is 0 Å². The summed E-state index contributed by atoms with van der Waals surface area (Å²) in [5.74, 6) is -0.813. The fourth-order valence-electron chi connectivity index (χ4n) is 2.70. The van der Waals surface area contributed by atoms with Crippen LogP contribution in [0.15, 0.2) is 0 Å². The first-order chi connectivity index (χ1) is 7.56. The maximum absolute atomic E-state index is 11.4. The number of piperidine rings is 2. The minimum atomic E-state index is -0.840. The summed E-state index contributed by atoms with van der Waals surface area (Å²) < 4.78 is 0. The van der Waals surface area contributed by atoms with Gasteiger partial charge >= 0.3 is 5.97 Å². The van der Waals surface area contributed by atoms with Crippen molar-refractivity contribution in [3.8, 4) is 0 Å². The number of amides is 1. The SMILES string of the molecule is NC1CCC2C(CC(=O)O)CC(=O)NC2N1. The van der Waals surface area contributed by atoms with Gasteiger partial charge < -0.3 is 16.2 Å². The summed E-state index contributed by atoms with van der Waals surface area (Å²) in [5, 5.41) is 14.8. The maximum Gasteiger partial charge on any atom is 0.303 e. The Labute approximate surface area is 93.6 Å². The fraction of sp³-hybridized carbons (Fsp3) is 0.800. The molecule has 2 fully saturated rings. The number of hydrogen-bond acceptors (Lipinski definition) is 4. The minimum absolute atomic E-state index is 0.0610. The van der Waals surface area contributed by atoms with Crippen molar-refractivity contribution in [2.24, 2.45) is 17.6 Å². The number of fused-ring (bicyclic) bond motifs is 1. The lowest BCUT2D eigenvalue weighted by atomic mass is 9.76. The third-order valence-electron chi connectivity index (χ3n) is 3.44. The molecule has 1 amide bonds. The van der Waals surface area contributed by atoms with Gasteiger partial charge in [-0.05, 0) is 24.7 Å². The van der Waals surface area contributed by atoms with E-state index in [1.807, 2.05) is 0 Å². The number of carbonyl (C=O) groups excluding carboxylic acids is 1. The van der Waals surface area contributed by atoms with Crippen LogP contribution in [0, 0.1) is 11.8 Å². The van der Waals surface area contributed by atoms with Crippen LogP contribution in [0.4, 0.5) is 0 Å². The van der Waals surface area contributed by atoms with E-state index in [2.05, 4.69) is 10.6 Å². The van der Waals surface area contributed by atoms with Gasteiger partial charge in [-0.3, -0.25) is 14.9 Å². The zero-order valence-electron chi connectivity index (χ0n) is 8.98. The molecule has 0 aromatic rings. The topological polar surface area (TPSA) is 104 Å². The van der Waals surface area contributed by atoms with Gasteiger partial charge in [-0.25, -0.2) is 0 Å². The Morgan fingerprint density at radius 2 is 2.25 bits per heavy atom. The molecule has 0 aromatic heterocycles. The average molecular weight is 227 g/mol. The molecule has 2 saturated heterocycles. The maximum atomic E-state index is 11.4. The highest BCUT2D eigenvalue weighted by Crippen LogP contribution is 2.32. The quantitative estimate of drug-likeness (QED) is 0.495. The van der Waals surface area contributed by atoms with Crippen molar-refractivity contribution in [2.75, 3.05) is 0 Å². The van der Waals surface area contributed by atoms with Gasteiger partial charge in [-0.1, -0.05) is 0 Å². The van der Waals surface area contributed by atoms with Crippen molar-refractivity contribution < 1.29 is 14.7 Å². The first-order valence-corrected chi connectivity index (χ1v) is 5.59. The second kappa shape index (κ2) is 4.39. The van der Waals surface area contributed by atoms with Crippen LogP contribution in [0.5, 0.6) is 0 Å². The highest BCUT2D eigenvalue weighted by molar-refractivity contribution is 5.78. The molecule has 2 aliphatic heterocycles. The van der Waals surface area contributed by atoms with Gasteiger partial charge in [0.15, 0.2) is 0 Å². The average Bonchev–Trinajstić information content (AvgIpc) is 2.15. The van der Waals surface area contributed by atoms with Crippen LogP contribution in [0.1, 0.15) is 25.7 Å². The number of hydrogen-bond donors (Lipinski definition) is 4. The Balaban J connectivity index is 2.07. The van der Waals surface area contributed by atoms with E-state index in [0.717, 1.165) is 12.8 Å². The van der Waals surface area contributed by atoms with E-state index in [0.29, 0.717) is 6.42 Å². The number of aliphatic carboxylic acids is 1. The largest absolute Gasteiger partial charge is 0.481 e. The summed E-state index contributed by atoms with van der Waals surface area (Å²) in [7, 11) is 0. The van der Waals surface area contributed by atoms with Crippen molar-refractivity contribution in [1.82, 2.24) is 10.6 Å². The Hall–Kier alpha value is -1.14. The van der Waals surface area contributed by atoms with E-state index >= 15 is 0 Å². The normalized spacial score (nSPS) is 38.7. The molecule has 16 heavy (non-hydrogen) atoms. The lowest BCUT2D eigenvalue weighted by molar-refractivity contribution is -0.140. The third kappa shape index (κ3) is 2.33. The van der Waals surface area contributed by atoms with Crippen LogP contribution in [-0.4, -0.2) is 29.3 Å². The van der Waals surface area contributed by atoms with Gasteiger partial charge in [0.25, 0.3) is 0 Å². The highest BCUT2D eigenvalue weighted by Gasteiger charge is 2.40. The molecule has 0 bridgehead atoms. The number of nitrogens with two attached hydrogens (primary N) is 1. The number of carboxylic acid groups (broad SMARTS) is 1. The van der Waals surface area contributed by atoms with E-state index < -0.39 is 5.97 Å². The summed E-state index contributed by atoms with van der Waals surface area (Å²) in [6, 6.07) is 0. The zero-order chi connectivity index (χ0) is 11.7. The second-order valence-corrected chi connectivity index (χ2v) is 4.62. The predicted octanol–water partition coefficient (Wildman–Crippen LogP) is -0.792. The summed E-state index contributed by atoms with van der Waals surface area (Å²) in [6.45, 7) is 0. The Morgan fingerprint density at radius 1 is 1.50 bits per heavy atom. The van der Waals surface area contributed by atoms with Gasteiger partial charge in [0, 0.05) is 12.8 Å². The van der Waals surface area contributed by atoms with Crippen molar-refractivity contribution in [2.45, 2.75) is 38.0 Å². The molecule has 2 aliphatic rings. The molecular formula is C10H17N3O3. The number of carboxylic acids is 1. The molecule has 90 valence electrons. The first-order valence-electron chi connectivity index (χ1n) is 5.59. The molecule has 0 radical (unpaired) electrons. The highest BCUT2D eigenvalue weighted by atomic mass is 16.4. The zero-order valence-corrected chi connectivity index (χ0v) is 8.98. The number of nitrogens with one attached hydrogen (secondary N) is 2. The van der Waals surface area contributed by atoms with E-state index in [9.17, 15) is 9.59 Å². The standard InChI is InChI=1S/C10H17N3O3/c11-7-2-1-6-5(4-9(15)16)3-8(14)13-10(6)12-7/h5-7,10,12H,1-4,11H2,(H,13,14)(H,15,16). The van der Waals surface area contributed by atoms with Crippen molar-refractivity contribution >= 4 is 11.9 Å². The predicted molar refractivity (Wildman–Crippen MR) is 56.1 cm³/mol. The van der Waals surface area contributed by atoms with Crippen molar-refractivity contribution in [3.05, 3.63) is 0 Å². The molecule has 5 N–H and O–H groups in total. The summed E-state index contributed by atoms with van der Waals surface area (Å²) >= 11 is 0. The molecule has 0 saturated carbocycles. The van der Waals surface area contributed by atoms with Crippen LogP contribution in [0.2, 0.25) is 0 Å². The molecule has 0 aliphatic carbocycles. The molecule has 2 rings (SSSR count). The molecule has 0 spiro atoms. The molecule has 0 aromatic carbocycles. The van der Waals surface area contributed by atoms with Crippen LogP contribution >= 0.6 is 0 Å². The molecule has 4 unspecified atom stereocenters. The van der Waals surface area contributed by atoms with Gasteiger partial charge in [0.2, 0.25) is 5.91 Å². The van der Waals surface area contributed by atoms with Crippen LogP contribution in [0.3, 0.4) is 0 Å². The van der Waals surface area contributed by atoms with E-state index in [1.54, 1.807) is 0 Å². The summed E-state index contributed by atoms with van der Waals surface area (Å²) in [6.07, 6.45) is 1.81. The van der Waals surface area contributed by atoms with Crippen molar-refractivity contribution in [1.29, 1.82) is 0 Å². The van der Waals surface area contributed by atoms with Gasteiger partial charge in [0.1, 0.15) is 0 Å². The van der Waals surface area contributed by atoms with Gasteiger partial charge in [0.05, 0.1) is 12.3 Å². The van der Waals surface area contributed by atoms with Crippen LogP contribution in [0.25, 0.3) is 0 Å². The van der Waals surface area contributed by atoms with E-state index in [-0.39, 0.29) is 36.5 Å². The second-order valence-electron chi connectivity index (χ2n) is 4.62. The molecule has 6 nitrogen and oxygen atoms in total. The first kappa shape index (κ1) is 11.3. The minimum Gasteiger partial charge on any atom is -0.481 e. The molecule has 2 heterocycles. The molecule has 6 heteroatoms. The van der Waals surface area contributed by atoms with E-state index in [4.69, 9.17) is 10.8 Å². The van der Waals surface area contributed by atoms with E-state index in [1.165, 1.54) is 0 Å². The number of rotatable bonds is 2.